The lowest BCUT2D eigenvalue weighted by molar-refractivity contribution is 0.0592. The van der Waals surface area contributed by atoms with Crippen LogP contribution in [-0.4, -0.2) is 44.4 Å². The highest BCUT2D eigenvalue weighted by Gasteiger charge is 2.19. The molecule has 23 heavy (non-hydrogen) atoms. The van der Waals surface area contributed by atoms with Crippen molar-refractivity contribution in [1.29, 1.82) is 0 Å². The first-order chi connectivity index (χ1) is 11.3. The van der Waals surface area contributed by atoms with Gasteiger partial charge in [0, 0.05) is 43.1 Å². The molecule has 0 N–H and O–H groups in total. The topological polar surface area (TPSA) is 21.7 Å². The quantitative estimate of drug-likeness (QED) is 0.728. The number of nitrogens with zero attached hydrogens (tertiary/aromatic N) is 1. The molecule has 0 saturated carbocycles. The van der Waals surface area contributed by atoms with Crippen LogP contribution in [-0.2, 0) is 16.0 Å². The Morgan fingerprint density at radius 2 is 2.09 bits per heavy atom. The molecule has 1 saturated heterocycles. The van der Waals surface area contributed by atoms with Gasteiger partial charge in [0.05, 0.1) is 12.7 Å². The van der Waals surface area contributed by atoms with Gasteiger partial charge in [-0.3, -0.25) is 4.90 Å². The van der Waals surface area contributed by atoms with E-state index < -0.39 is 0 Å². The number of rotatable bonds is 8. The summed E-state index contributed by atoms with van der Waals surface area (Å²) in [5, 5.41) is 0. The van der Waals surface area contributed by atoms with E-state index in [1.54, 1.807) is 7.11 Å². The second-order valence-electron chi connectivity index (χ2n) is 5.99. The van der Waals surface area contributed by atoms with Crippen LogP contribution in [0.5, 0.6) is 0 Å². The summed E-state index contributed by atoms with van der Waals surface area (Å²) in [5.74, 6) is 0. The molecule has 0 spiro atoms. The Labute approximate surface area is 142 Å². The molecule has 3 rings (SSSR count). The maximum Gasteiger partial charge on any atom is 0.0703 e. The van der Waals surface area contributed by atoms with Gasteiger partial charge in [0.25, 0.3) is 0 Å². The maximum atomic E-state index is 5.80. The number of hydrogen-bond acceptors (Lipinski definition) is 4. The van der Waals surface area contributed by atoms with Crippen LogP contribution in [0, 0.1) is 0 Å². The monoisotopic (exact) mass is 331 g/mol. The van der Waals surface area contributed by atoms with Gasteiger partial charge in [0.1, 0.15) is 0 Å². The Morgan fingerprint density at radius 3 is 2.83 bits per heavy atom. The third-order valence-electron chi connectivity index (χ3n) is 4.20. The third kappa shape index (κ3) is 4.88. The van der Waals surface area contributed by atoms with Gasteiger partial charge in [0.2, 0.25) is 0 Å². The normalized spacial score (nSPS) is 17.9. The van der Waals surface area contributed by atoms with Crippen molar-refractivity contribution in [1.82, 2.24) is 4.90 Å². The Bertz CT molecular complexity index is 578. The van der Waals surface area contributed by atoms with E-state index in [2.05, 4.69) is 47.4 Å². The van der Waals surface area contributed by atoms with Crippen LogP contribution < -0.4 is 0 Å². The van der Waals surface area contributed by atoms with Crippen LogP contribution >= 0.6 is 11.3 Å². The van der Waals surface area contributed by atoms with Gasteiger partial charge in [0.15, 0.2) is 0 Å². The molecule has 0 radical (unpaired) electrons. The van der Waals surface area contributed by atoms with Crippen molar-refractivity contribution in [2.24, 2.45) is 0 Å². The van der Waals surface area contributed by atoms with E-state index >= 15 is 0 Å². The second-order valence-corrected chi connectivity index (χ2v) is 7.16. The molecule has 4 heteroatoms. The van der Waals surface area contributed by atoms with Gasteiger partial charge in [-0.25, -0.2) is 0 Å². The van der Waals surface area contributed by atoms with Crippen molar-refractivity contribution >= 4 is 11.3 Å². The fourth-order valence-electron chi connectivity index (χ4n) is 2.97. The summed E-state index contributed by atoms with van der Waals surface area (Å²) >= 11 is 1.88. The molecule has 1 aliphatic rings. The zero-order valence-corrected chi connectivity index (χ0v) is 14.6. The van der Waals surface area contributed by atoms with Crippen molar-refractivity contribution in [2.75, 3.05) is 33.4 Å². The molecule has 0 bridgehead atoms. The zero-order chi connectivity index (χ0) is 15.9. The van der Waals surface area contributed by atoms with Gasteiger partial charge in [-0.1, -0.05) is 30.3 Å². The van der Waals surface area contributed by atoms with Gasteiger partial charge in [-0.05, 0) is 30.5 Å². The van der Waals surface area contributed by atoms with Crippen molar-refractivity contribution in [3.8, 4) is 10.4 Å². The maximum absolute atomic E-state index is 5.80. The summed E-state index contributed by atoms with van der Waals surface area (Å²) in [4.78, 5) is 5.20. The fraction of sp³-hybridized carbons (Fsp3) is 0.474. The highest BCUT2D eigenvalue weighted by Crippen LogP contribution is 2.28. The molecule has 1 aliphatic heterocycles. The van der Waals surface area contributed by atoms with Crippen LogP contribution in [0.3, 0.4) is 0 Å². The molecule has 1 fully saturated rings. The molecule has 0 aliphatic carbocycles. The molecule has 124 valence electrons. The summed E-state index contributed by atoms with van der Waals surface area (Å²) in [6.45, 7) is 4.61. The molecule has 1 aromatic carbocycles. The summed E-state index contributed by atoms with van der Waals surface area (Å²) in [6.07, 6.45) is 2.77. The van der Waals surface area contributed by atoms with Gasteiger partial charge >= 0.3 is 0 Å². The van der Waals surface area contributed by atoms with E-state index in [9.17, 15) is 0 Å². The first-order valence-electron chi connectivity index (χ1n) is 8.32. The highest BCUT2D eigenvalue weighted by molar-refractivity contribution is 7.15. The van der Waals surface area contributed by atoms with Gasteiger partial charge < -0.3 is 9.47 Å². The summed E-state index contributed by atoms with van der Waals surface area (Å²) in [5.41, 5.74) is 1.30. The Hall–Kier alpha value is -1.20. The number of hydrogen-bond donors (Lipinski definition) is 0. The zero-order valence-electron chi connectivity index (χ0n) is 13.7. The van der Waals surface area contributed by atoms with Gasteiger partial charge in [-0.2, -0.15) is 0 Å². The molecule has 3 nitrogen and oxygen atoms in total. The number of ether oxygens (including phenoxy) is 2. The average molecular weight is 331 g/mol. The lowest BCUT2D eigenvalue weighted by atomic mass is 10.2. The molecular weight excluding hydrogens is 306 g/mol. The molecule has 2 aromatic rings. The summed E-state index contributed by atoms with van der Waals surface area (Å²) < 4.78 is 11.1. The molecular formula is C19H25NO2S. The Morgan fingerprint density at radius 1 is 1.22 bits per heavy atom. The minimum atomic E-state index is 0.389. The summed E-state index contributed by atoms with van der Waals surface area (Å²) in [7, 11) is 1.77. The largest absolute Gasteiger partial charge is 0.383 e. The van der Waals surface area contributed by atoms with E-state index in [1.807, 2.05) is 11.3 Å². The predicted octanol–water partition coefficient (Wildman–Crippen LogP) is 4.04. The molecule has 1 atom stereocenters. The van der Waals surface area contributed by atoms with Crippen molar-refractivity contribution < 1.29 is 9.47 Å². The van der Waals surface area contributed by atoms with Crippen molar-refractivity contribution in [3.05, 3.63) is 47.3 Å². The van der Waals surface area contributed by atoms with E-state index in [0.717, 1.165) is 32.8 Å². The standard InChI is InChI=1S/C19H25NO2S/c1-21-13-11-20(14-17-8-5-12-22-17)15-18-9-10-19(23-18)16-6-3-2-4-7-16/h2-4,6-7,9-10,17H,5,8,11-15H2,1H3/t17-/m0/s1. The number of thiophene rings is 1. The van der Waals surface area contributed by atoms with Crippen LogP contribution in [0.25, 0.3) is 10.4 Å². The Kier molecular flexibility index (Phi) is 6.22. The predicted molar refractivity (Wildman–Crippen MR) is 95.9 cm³/mol. The first kappa shape index (κ1) is 16.7. The molecule has 2 heterocycles. The highest BCUT2D eigenvalue weighted by atomic mass is 32.1. The molecule has 0 amide bonds. The van der Waals surface area contributed by atoms with Crippen LogP contribution in [0.1, 0.15) is 17.7 Å². The number of methoxy groups -OCH3 is 1. The van der Waals surface area contributed by atoms with E-state index in [4.69, 9.17) is 9.47 Å². The average Bonchev–Trinajstić information content (AvgIpc) is 3.25. The Balaban J connectivity index is 1.63. The van der Waals surface area contributed by atoms with Crippen molar-refractivity contribution in [3.63, 3.8) is 0 Å². The smallest absolute Gasteiger partial charge is 0.0703 e. The molecule has 1 aromatic heterocycles. The van der Waals surface area contributed by atoms with E-state index in [0.29, 0.717) is 6.10 Å². The lowest BCUT2D eigenvalue weighted by Gasteiger charge is -2.24. The first-order valence-corrected chi connectivity index (χ1v) is 9.14. The van der Waals surface area contributed by atoms with Crippen LogP contribution in [0.15, 0.2) is 42.5 Å². The molecule has 0 unspecified atom stereocenters. The minimum Gasteiger partial charge on any atom is -0.383 e. The van der Waals surface area contributed by atoms with E-state index in [-0.39, 0.29) is 0 Å². The third-order valence-corrected chi connectivity index (χ3v) is 5.32. The van der Waals surface area contributed by atoms with Crippen molar-refractivity contribution in [2.45, 2.75) is 25.5 Å². The second kappa shape index (κ2) is 8.60. The minimum absolute atomic E-state index is 0.389. The van der Waals surface area contributed by atoms with E-state index in [1.165, 1.54) is 28.2 Å². The van der Waals surface area contributed by atoms with Crippen LogP contribution in [0.2, 0.25) is 0 Å². The SMILES string of the molecule is COCCN(Cc1ccc(-c2ccccc2)s1)C[C@@H]1CCCO1. The van der Waals surface area contributed by atoms with Crippen LogP contribution in [0.4, 0.5) is 0 Å². The van der Waals surface area contributed by atoms with Gasteiger partial charge in [-0.15, -0.1) is 11.3 Å². The fourth-order valence-corrected chi connectivity index (χ4v) is 4.03. The number of benzene rings is 1. The lowest BCUT2D eigenvalue weighted by Crippen LogP contribution is -2.34. The summed E-state index contributed by atoms with van der Waals surface area (Å²) in [6, 6.07) is 15.1.